The molecule has 0 amide bonds. The maximum atomic E-state index is 5.80. The van der Waals surface area contributed by atoms with E-state index in [9.17, 15) is 0 Å². The van der Waals surface area contributed by atoms with Crippen LogP contribution in [0.4, 0.5) is 0 Å². The van der Waals surface area contributed by atoms with Gasteiger partial charge in [-0.1, -0.05) is 0 Å². The molecule has 96 valence electrons. The smallest absolute Gasteiger partial charge is 0.0932 e. The molecule has 0 bridgehead atoms. The van der Waals surface area contributed by atoms with E-state index in [0.29, 0.717) is 0 Å². The summed E-state index contributed by atoms with van der Waals surface area (Å²) in [7, 11) is 5.66. The number of rotatable bonds is 4. The van der Waals surface area contributed by atoms with Crippen LogP contribution in [0.2, 0.25) is 0 Å². The lowest BCUT2D eigenvalue weighted by atomic mass is 9.84. The molecule has 1 aromatic rings. The Morgan fingerprint density at radius 3 is 2.71 bits per heavy atom. The highest BCUT2D eigenvalue weighted by molar-refractivity contribution is 5.12. The van der Waals surface area contributed by atoms with Crippen LogP contribution in [0.3, 0.4) is 0 Å². The van der Waals surface area contributed by atoms with E-state index < -0.39 is 0 Å². The summed E-state index contributed by atoms with van der Waals surface area (Å²) in [4.78, 5) is 0. The number of nitrogens with one attached hydrogen (secondary N) is 1. The van der Waals surface area contributed by atoms with E-state index in [2.05, 4.69) is 10.4 Å². The molecule has 1 N–H and O–H groups in total. The molecular formula is C12H21N3O2. The second kappa shape index (κ2) is 5.16. The molecule has 1 aromatic heterocycles. The monoisotopic (exact) mass is 239 g/mol. The lowest BCUT2D eigenvalue weighted by Crippen LogP contribution is -2.48. The molecule has 5 nitrogen and oxygen atoms in total. The molecule has 0 saturated carbocycles. The van der Waals surface area contributed by atoms with Gasteiger partial charge in [0.15, 0.2) is 0 Å². The minimum absolute atomic E-state index is 0.109. The molecule has 0 aliphatic carbocycles. The molecule has 0 spiro atoms. The Bertz CT molecular complexity index is 358. The molecule has 5 heteroatoms. The standard InChI is InChI=1S/C12H21N3O2/c1-13-11(10-4-7-15(2)14-10)12(16-3)5-8-17-9-6-12/h4,7,11,13H,5-6,8-9H2,1-3H3. The maximum Gasteiger partial charge on any atom is 0.0932 e. The van der Waals surface area contributed by atoms with Gasteiger partial charge in [-0.3, -0.25) is 4.68 Å². The first-order chi connectivity index (χ1) is 8.22. The average molecular weight is 239 g/mol. The minimum atomic E-state index is -0.207. The van der Waals surface area contributed by atoms with Crippen molar-refractivity contribution in [3.05, 3.63) is 18.0 Å². The van der Waals surface area contributed by atoms with Gasteiger partial charge in [-0.15, -0.1) is 0 Å². The Morgan fingerprint density at radius 2 is 2.24 bits per heavy atom. The fourth-order valence-corrected chi connectivity index (χ4v) is 2.60. The van der Waals surface area contributed by atoms with Gasteiger partial charge in [-0.05, 0) is 13.1 Å². The van der Waals surface area contributed by atoms with Gasteiger partial charge in [0.2, 0.25) is 0 Å². The Kier molecular flexibility index (Phi) is 3.81. The topological polar surface area (TPSA) is 48.3 Å². The lowest BCUT2D eigenvalue weighted by molar-refractivity contribution is -0.111. The Hall–Kier alpha value is -0.910. The number of hydrogen-bond acceptors (Lipinski definition) is 4. The van der Waals surface area contributed by atoms with E-state index in [1.54, 1.807) is 7.11 Å². The van der Waals surface area contributed by atoms with Crippen LogP contribution in [0.25, 0.3) is 0 Å². The number of methoxy groups -OCH3 is 1. The zero-order valence-electron chi connectivity index (χ0n) is 10.8. The van der Waals surface area contributed by atoms with E-state index >= 15 is 0 Å². The van der Waals surface area contributed by atoms with Crippen molar-refractivity contribution in [2.45, 2.75) is 24.5 Å². The third-order valence-corrected chi connectivity index (χ3v) is 3.59. The van der Waals surface area contributed by atoms with Gasteiger partial charge in [-0.25, -0.2) is 0 Å². The van der Waals surface area contributed by atoms with Gasteiger partial charge >= 0.3 is 0 Å². The number of ether oxygens (including phenoxy) is 2. The fraction of sp³-hybridized carbons (Fsp3) is 0.750. The summed E-state index contributed by atoms with van der Waals surface area (Å²) < 4.78 is 13.1. The van der Waals surface area contributed by atoms with Gasteiger partial charge in [-0.2, -0.15) is 5.10 Å². The van der Waals surface area contributed by atoms with E-state index in [1.807, 2.05) is 31.0 Å². The van der Waals surface area contributed by atoms with Crippen LogP contribution < -0.4 is 5.32 Å². The SMILES string of the molecule is CNC(c1ccn(C)n1)C1(OC)CCOCC1. The minimum Gasteiger partial charge on any atom is -0.381 e. The second-order valence-corrected chi connectivity index (χ2v) is 4.52. The third-order valence-electron chi connectivity index (χ3n) is 3.59. The zero-order valence-corrected chi connectivity index (χ0v) is 10.8. The van der Waals surface area contributed by atoms with Crippen molar-refractivity contribution >= 4 is 0 Å². The molecule has 1 aliphatic heterocycles. The molecule has 17 heavy (non-hydrogen) atoms. The summed E-state index contributed by atoms with van der Waals surface area (Å²) in [5.74, 6) is 0. The molecule has 1 unspecified atom stereocenters. The molecular weight excluding hydrogens is 218 g/mol. The largest absolute Gasteiger partial charge is 0.381 e. The van der Waals surface area contributed by atoms with Crippen molar-refractivity contribution < 1.29 is 9.47 Å². The number of nitrogens with zero attached hydrogens (tertiary/aromatic N) is 2. The first kappa shape index (κ1) is 12.5. The van der Waals surface area contributed by atoms with Crippen LogP contribution in [-0.2, 0) is 16.5 Å². The first-order valence-electron chi connectivity index (χ1n) is 6.01. The highest BCUT2D eigenvalue weighted by atomic mass is 16.5. The van der Waals surface area contributed by atoms with Crippen molar-refractivity contribution in [3.63, 3.8) is 0 Å². The predicted octanol–water partition coefficient (Wildman–Crippen LogP) is 0.876. The fourth-order valence-electron chi connectivity index (χ4n) is 2.60. The molecule has 0 radical (unpaired) electrons. The van der Waals surface area contributed by atoms with Crippen molar-refractivity contribution in [3.8, 4) is 0 Å². The van der Waals surface area contributed by atoms with Crippen LogP contribution >= 0.6 is 0 Å². The lowest BCUT2D eigenvalue weighted by Gasteiger charge is -2.41. The molecule has 2 rings (SSSR count). The van der Waals surface area contributed by atoms with E-state index in [-0.39, 0.29) is 11.6 Å². The molecule has 1 aliphatic rings. The van der Waals surface area contributed by atoms with Crippen molar-refractivity contribution in [2.75, 3.05) is 27.4 Å². The van der Waals surface area contributed by atoms with E-state index in [0.717, 1.165) is 31.7 Å². The summed E-state index contributed by atoms with van der Waals surface area (Å²) in [5.41, 5.74) is 0.820. The summed E-state index contributed by atoms with van der Waals surface area (Å²) in [6.45, 7) is 1.50. The predicted molar refractivity (Wildman–Crippen MR) is 64.8 cm³/mol. The molecule has 1 saturated heterocycles. The summed E-state index contributed by atoms with van der Waals surface area (Å²) in [5, 5.41) is 7.82. The summed E-state index contributed by atoms with van der Waals surface area (Å²) in [6, 6.07) is 2.15. The van der Waals surface area contributed by atoms with Gasteiger partial charge in [0, 0.05) is 46.4 Å². The van der Waals surface area contributed by atoms with Gasteiger partial charge in [0.05, 0.1) is 17.3 Å². The first-order valence-corrected chi connectivity index (χ1v) is 6.01. The van der Waals surface area contributed by atoms with Gasteiger partial charge in [0.25, 0.3) is 0 Å². The Morgan fingerprint density at radius 1 is 1.53 bits per heavy atom. The third kappa shape index (κ3) is 2.36. The van der Waals surface area contributed by atoms with Crippen molar-refractivity contribution in [1.29, 1.82) is 0 Å². The summed E-state index contributed by atoms with van der Waals surface area (Å²) >= 11 is 0. The van der Waals surface area contributed by atoms with Crippen LogP contribution in [0, 0.1) is 0 Å². The average Bonchev–Trinajstić information content (AvgIpc) is 2.78. The molecule has 2 heterocycles. The molecule has 1 fully saturated rings. The van der Waals surface area contributed by atoms with E-state index in [4.69, 9.17) is 9.47 Å². The molecule has 1 atom stereocenters. The van der Waals surface area contributed by atoms with E-state index in [1.165, 1.54) is 0 Å². The van der Waals surface area contributed by atoms with Crippen molar-refractivity contribution in [1.82, 2.24) is 15.1 Å². The summed E-state index contributed by atoms with van der Waals surface area (Å²) in [6.07, 6.45) is 3.75. The van der Waals surface area contributed by atoms with Crippen LogP contribution in [-0.4, -0.2) is 42.8 Å². The normalized spacial score (nSPS) is 21.4. The Labute approximate surface area is 102 Å². The number of aromatic nitrogens is 2. The zero-order chi connectivity index (χ0) is 12.3. The highest BCUT2D eigenvalue weighted by Crippen LogP contribution is 2.36. The number of aryl methyl sites for hydroxylation is 1. The van der Waals surface area contributed by atoms with Crippen LogP contribution in [0.1, 0.15) is 24.6 Å². The van der Waals surface area contributed by atoms with Crippen molar-refractivity contribution in [2.24, 2.45) is 7.05 Å². The second-order valence-electron chi connectivity index (χ2n) is 4.52. The van der Waals surface area contributed by atoms with Crippen LogP contribution in [0.5, 0.6) is 0 Å². The number of hydrogen-bond donors (Lipinski definition) is 1. The highest BCUT2D eigenvalue weighted by Gasteiger charge is 2.41. The maximum absolute atomic E-state index is 5.80. The van der Waals surface area contributed by atoms with Gasteiger partial charge < -0.3 is 14.8 Å². The van der Waals surface area contributed by atoms with Crippen LogP contribution in [0.15, 0.2) is 12.3 Å². The van der Waals surface area contributed by atoms with Gasteiger partial charge in [0.1, 0.15) is 0 Å². The quantitative estimate of drug-likeness (QED) is 0.847. The number of likely N-dealkylation sites (N-methyl/N-ethyl adjacent to an activating group) is 1. The Balaban J connectivity index is 2.26. The molecule has 0 aromatic carbocycles.